The average Bonchev–Trinajstić information content (AvgIpc) is 3.44. The Morgan fingerprint density at radius 1 is 0.897 bits per heavy atom. The van der Waals surface area contributed by atoms with Gasteiger partial charge in [0.15, 0.2) is 11.6 Å². The largest absolute Gasteiger partial charge is 0.491 e. The number of nitrogens with zero attached hydrogens (tertiary/aromatic N) is 2. The number of anilines is 1. The summed E-state index contributed by atoms with van der Waals surface area (Å²) in [7, 11) is 0. The molecule has 1 aliphatic heterocycles. The highest BCUT2D eigenvalue weighted by molar-refractivity contribution is 8.02. The number of ether oxygens (including phenoxy) is 1. The van der Waals surface area contributed by atoms with Crippen molar-refractivity contribution in [3.63, 3.8) is 0 Å². The summed E-state index contributed by atoms with van der Waals surface area (Å²) in [4.78, 5) is 16.3. The summed E-state index contributed by atoms with van der Waals surface area (Å²) < 4.78 is 20.5. The molecule has 0 radical (unpaired) electrons. The van der Waals surface area contributed by atoms with Crippen LogP contribution in [0.3, 0.4) is 0 Å². The summed E-state index contributed by atoms with van der Waals surface area (Å²) >= 11 is 1.78. The first kappa shape index (κ1) is 31.1. The summed E-state index contributed by atoms with van der Waals surface area (Å²) in [5.41, 5.74) is 2.74. The molecular formula is C33H47FN2O2S. The number of halogens is 1. The summed E-state index contributed by atoms with van der Waals surface area (Å²) in [5, 5.41) is 2.10. The van der Waals surface area contributed by atoms with Gasteiger partial charge in [-0.05, 0) is 47.2 Å². The molecule has 214 valence electrons. The summed E-state index contributed by atoms with van der Waals surface area (Å²) in [6, 6.07) is 13.1. The molecular weight excluding hydrogens is 507 g/mol. The van der Waals surface area contributed by atoms with Crippen molar-refractivity contribution in [1.82, 2.24) is 4.90 Å². The number of thioether (sulfide) groups is 1. The first-order valence-corrected chi connectivity index (χ1v) is 15.9. The molecule has 0 spiro atoms. The molecule has 1 aliphatic rings. The van der Waals surface area contributed by atoms with E-state index < -0.39 is 0 Å². The Balaban J connectivity index is 1.35. The molecule has 1 heterocycles. The molecule has 2 aromatic rings. The lowest BCUT2D eigenvalue weighted by Gasteiger charge is -2.22. The molecule has 0 aliphatic carbocycles. The molecule has 0 unspecified atom stereocenters. The second kappa shape index (κ2) is 18.0. The third kappa shape index (κ3) is 11.7. The van der Waals surface area contributed by atoms with E-state index in [9.17, 15) is 9.18 Å². The fourth-order valence-corrected chi connectivity index (χ4v) is 5.59. The number of carbonyl (C=O) groups excluding carboxylic acids is 1. The number of unbranched alkanes of at least 4 members (excludes halogenated alkanes) is 11. The fraction of sp³-hybridized carbons (Fsp3) is 0.545. The van der Waals surface area contributed by atoms with Crippen LogP contribution in [0, 0.1) is 5.82 Å². The van der Waals surface area contributed by atoms with Gasteiger partial charge in [0.25, 0.3) is 0 Å². The Morgan fingerprint density at radius 3 is 2.08 bits per heavy atom. The molecule has 2 aromatic carbocycles. The van der Waals surface area contributed by atoms with E-state index in [1.165, 1.54) is 75.8 Å². The molecule has 4 nitrogen and oxygen atoms in total. The fourth-order valence-electron chi connectivity index (χ4n) is 4.88. The van der Waals surface area contributed by atoms with Crippen LogP contribution in [0.5, 0.6) is 5.75 Å². The van der Waals surface area contributed by atoms with Crippen molar-refractivity contribution in [2.75, 3.05) is 17.4 Å². The van der Waals surface area contributed by atoms with E-state index >= 15 is 0 Å². The van der Waals surface area contributed by atoms with Gasteiger partial charge in [0.05, 0.1) is 19.0 Å². The highest BCUT2D eigenvalue weighted by Crippen LogP contribution is 2.24. The Bertz CT molecular complexity index is 1010. The lowest BCUT2D eigenvalue weighted by Crippen LogP contribution is -2.27. The second-order valence-corrected chi connectivity index (χ2v) is 11.5. The summed E-state index contributed by atoms with van der Waals surface area (Å²) in [6.45, 7) is 5.50. The molecule has 1 amide bonds. The SMILES string of the molecule is CCCCCCCCCCCCCCOc1ccc(CN(C(C)=O)c2ccc(CN3C=CSC3)cc2)cc1F. The van der Waals surface area contributed by atoms with Gasteiger partial charge in [0, 0.05) is 25.4 Å². The van der Waals surface area contributed by atoms with Crippen LogP contribution < -0.4 is 9.64 Å². The van der Waals surface area contributed by atoms with Gasteiger partial charge in [-0.25, -0.2) is 4.39 Å². The summed E-state index contributed by atoms with van der Waals surface area (Å²) in [6.07, 6.45) is 17.6. The topological polar surface area (TPSA) is 32.8 Å². The first-order chi connectivity index (χ1) is 19.1. The molecule has 0 aromatic heterocycles. The number of hydrogen-bond acceptors (Lipinski definition) is 4. The normalized spacial score (nSPS) is 12.7. The van der Waals surface area contributed by atoms with E-state index in [-0.39, 0.29) is 17.5 Å². The molecule has 0 N–H and O–H groups in total. The molecule has 3 rings (SSSR count). The van der Waals surface area contributed by atoms with Gasteiger partial charge in [-0.3, -0.25) is 4.79 Å². The Labute approximate surface area is 240 Å². The van der Waals surface area contributed by atoms with Gasteiger partial charge in [-0.1, -0.05) is 95.8 Å². The third-order valence-corrected chi connectivity index (χ3v) is 8.01. The van der Waals surface area contributed by atoms with Gasteiger partial charge < -0.3 is 14.5 Å². The smallest absolute Gasteiger partial charge is 0.224 e. The molecule has 0 atom stereocenters. The quantitative estimate of drug-likeness (QED) is 0.162. The van der Waals surface area contributed by atoms with Gasteiger partial charge in [0.1, 0.15) is 0 Å². The zero-order valence-corrected chi connectivity index (χ0v) is 24.8. The van der Waals surface area contributed by atoms with Crippen molar-refractivity contribution in [1.29, 1.82) is 0 Å². The van der Waals surface area contributed by atoms with Gasteiger partial charge in [-0.15, -0.1) is 11.8 Å². The van der Waals surface area contributed by atoms with Crippen molar-refractivity contribution in [2.24, 2.45) is 0 Å². The predicted molar refractivity (Wildman–Crippen MR) is 163 cm³/mol. The molecule has 0 saturated heterocycles. The number of amides is 1. The van der Waals surface area contributed by atoms with Crippen LogP contribution in [0.2, 0.25) is 0 Å². The molecule has 0 saturated carbocycles. The van der Waals surface area contributed by atoms with E-state index in [4.69, 9.17) is 4.74 Å². The highest BCUT2D eigenvalue weighted by atomic mass is 32.2. The monoisotopic (exact) mass is 554 g/mol. The minimum atomic E-state index is -0.373. The third-order valence-electron chi connectivity index (χ3n) is 7.21. The van der Waals surface area contributed by atoms with Gasteiger partial charge in [-0.2, -0.15) is 0 Å². The molecule has 39 heavy (non-hydrogen) atoms. The van der Waals surface area contributed by atoms with Crippen molar-refractivity contribution >= 4 is 23.4 Å². The summed E-state index contributed by atoms with van der Waals surface area (Å²) in [5.74, 6) is 0.803. The minimum absolute atomic E-state index is 0.0747. The highest BCUT2D eigenvalue weighted by Gasteiger charge is 2.15. The second-order valence-electron chi connectivity index (χ2n) is 10.6. The Hall–Kier alpha value is -2.47. The lowest BCUT2D eigenvalue weighted by molar-refractivity contribution is -0.116. The van der Waals surface area contributed by atoms with Crippen molar-refractivity contribution < 1.29 is 13.9 Å². The van der Waals surface area contributed by atoms with E-state index in [1.807, 2.05) is 18.2 Å². The predicted octanol–water partition coefficient (Wildman–Crippen LogP) is 9.44. The van der Waals surface area contributed by atoms with E-state index in [0.717, 1.165) is 36.5 Å². The zero-order chi connectivity index (χ0) is 27.7. The standard InChI is InChI=1S/C33H47FN2O2S/c1-3-4-5-6-7-8-9-10-11-12-13-14-22-38-33-20-17-30(24-32(33)34)26-36(28(2)37)31-18-15-29(16-19-31)25-35-21-23-39-27-35/h15-21,23-24H,3-14,22,25-27H2,1-2H3. The maximum atomic E-state index is 14.8. The van der Waals surface area contributed by atoms with Crippen LogP contribution in [-0.2, 0) is 17.9 Å². The van der Waals surface area contributed by atoms with Crippen molar-refractivity contribution in [3.05, 3.63) is 71.0 Å². The maximum Gasteiger partial charge on any atom is 0.224 e. The van der Waals surface area contributed by atoms with E-state index in [0.29, 0.717) is 13.2 Å². The molecule has 6 heteroatoms. The zero-order valence-electron chi connectivity index (χ0n) is 24.0. The van der Waals surface area contributed by atoms with Crippen molar-refractivity contribution in [3.8, 4) is 5.75 Å². The minimum Gasteiger partial charge on any atom is -0.491 e. The van der Waals surface area contributed by atoms with Crippen molar-refractivity contribution in [2.45, 2.75) is 104 Å². The van der Waals surface area contributed by atoms with Crippen LogP contribution in [-0.4, -0.2) is 23.3 Å². The van der Waals surface area contributed by atoms with Gasteiger partial charge >= 0.3 is 0 Å². The number of rotatable bonds is 19. The van der Waals surface area contributed by atoms with Crippen LogP contribution in [0.15, 0.2) is 54.1 Å². The lowest BCUT2D eigenvalue weighted by atomic mass is 10.1. The van der Waals surface area contributed by atoms with E-state index in [2.05, 4.69) is 35.6 Å². The maximum absolute atomic E-state index is 14.8. The van der Waals surface area contributed by atoms with Crippen LogP contribution in [0.1, 0.15) is 102 Å². The Morgan fingerprint density at radius 2 is 1.51 bits per heavy atom. The van der Waals surface area contributed by atoms with Crippen LogP contribution in [0.4, 0.5) is 10.1 Å². The molecule has 0 fully saturated rings. The average molecular weight is 555 g/mol. The number of hydrogen-bond donors (Lipinski definition) is 0. The van der Waals surface area contributed by atoms with Gasteiger partial charge in [0.2, 0.25) is 5.91 Å². The van der Waals surface area contributed by atoms with E-state index in [1.54, 1.807) is 29.7 Å². The Kier molecular flexibility index (Phi) is 14.3. The molecule has 0 bridgehead atoms. The van der Waals surface area contributed by atoms with Crippen LogP contribution >= 0.6 is 11.8 Å². The van der Waals surface area contributed by atoms with Crippen LogP contribution in [0.25, 0.3) is 0 Å². The first-order valence-electron chi connectivity index (χ1n) is 14.9. The number of benzene rings is 2. The number of carbonyl (C=O) groups is 1.